The topological polar surface area (TPSA) is 32.8 Å². The molecular weight excluding hydrogens is 850 g/mol. The molecule has 10 aromatic carbocycles. The lowest BCUT2D eigenvalue weighted by molar-refractivity contribution is -0.137. The first-order valence-electron chi connectivity index (χ1n) is 22.8. The summed E-state index contributed by atoms with van der Waals surface area (Å²) in [5.74, 6) is 0. The maximum absolute atomic E-state index is 13.9. The predicted octanol–water partition coefficient (Wildman–Crippen LogP) is 18.4. The first kappa shape index (κ1) is 40.0. The summed E-state index contributed by atoms with van der Waals surface area (Å²) >= 11 is 0. The molecule has 0 saturated heterocycles. The van der Waals surface area contributed by atoms with Gasteiger partial charge in [-0.25, -0.2) is 0 Å². The number of benzene rings is 10. The van der Waals surface area contributed by atoms with Crippen LogP contribution >= 0.6 is 0 Å². The van der Waals surface area contributed by atoms with Crippen LogP contribution < -0.4 is 9.80 Å². The van der Waals surface area contributed by atoms with E-state index in [2.05, 4.69) is 135 Å². The first-order valence-corrected chi connectivity index (χ1v) is 22.8. The van der Waals surface area contributed by atoms with Gasteiger partial charge in [0.2, 0.25) is 0 Å². The van der Waals surface area contributed by atoms with Gasteiger partial charge < -0.3 is 18.6 Å². The minimum atomic E-state index is -4.47. The van der Waals surface area contributed by atoms with Crippen LogP contribution in [0.25, 0.3) is 76.5 Å². The van der Waals surface area contributed by atoms with Crippen molar-refractivity contribution in [1.82, 2.24) is 0 Å². The Bertz CT molecular complexity index is 4010. The van der Waals surface area contributed by atoms with E-state index in [1.165, 1.54) is 39.9 Å². The lowest BCUT2D eigenvalue weighted by Crippen LogP contribution is -2.17. The molecule has 0 bridgehead atoms. The number of furan rings is 2. The van der Waals surface area contributed by atoms with Gasteiger partial charge in [-0.05, 0) is 136 Å². The molecule has 0 fully saturated rings. The summed E-state index contributed by atoms with van der Waals surface area (Å²) in [4.78, 5) is 4.35. The summed E-state index contributed by atoms with van der Waals surface area (Å²) in [6.07, 6.45) is -4.47. The molecule has 68 heavy (non-hydrogen) atoms. The van der Waals surface area contributed by atoms with Crippen molar-refractivity contribution in [2.45, 2.75) is 32.4 Å². The molecule has 0 radical (unpaired) electrons. The molecule has 1 aliphatic rings. The van der Waals surface area contributed by atoms with Gasteiger partial charge in [-0.1, -0.05) is 123 Å². The Hall–Kier alpha value is -8.29. The van der Waals surface area contributed by atoms with E-state index in [0.29, 0.717) is 11.3 Å². The third-order valence-corrected chi connectivity index (χ3v) is 14.1. The van der Waals surface area contributed by atoms with E-state index in [0.717, 1.165) is 100 Å². The molecule has 0 unspecified atom stereocenters. The van der Waals surface area contributed by atoms with E-state index < -0.39 is 17.2 Å². The van der Waals surface area contributed by atoms with Gasteiger partial charge in [0.15, 0.2) is 11.2 Å². The Kier molecular flexibility index (Phi) is 8.60. The Morgan fingerprint density at radius 1 is 0.426 bits per heavy atom. The molecule has 0 atom stereocenters. The third kappa shape index (κ3) is 6.01. The summed E-state index contributed by atoms with van der Waals surface area (Å²) in [6, 6.07) is 64.5. The van der Waals surface area contributed by atoms with Gasteiger partial charge in [0.25, 0.3) is 0 Å². The Morgan fingerprint density at radius 2 is 0.956 bits per heavy atom. The molecule has 2 aromatic heterocycles. The zero-order valence-corrected chi connectivity index (χ0v) is 37.3. The molecule has 1 aliphatic carbocycles. The monoisotopic (exact) mass is 890 g/mol. The molecule has 4 nitrogen and oxygen atoms in total. The average Bonchev–Trinajstić information content (AvgIpc) is 4.00. The number of nitrogens with zero attached hydrogens (tertiary/aromatic N) is 2. The van der Waals surface area contributed by atoms with Crippen LogP contribution in [0.15, 0.2) is 203 Å². The van der Waals surface area contributed by atoms with Crippen molar-refractivity contribution < 1.29 is 22.0 Å². The molecule has 0 aliphatic heterocycles. The maximum Gasteiger partial charge on any atom is 0.416 e. The Morgan fingerprint density at radius 3 is 1.59 bits per heavy atom. The molecule has 328 valence electrons. The quantitative estimate of drug-likeness (QED) is 0.167. The SMILES string of the molecule is Cc1ccc(N(c2cc3c(c4ccccc24)-c2cc4ccc(N(c5ccc(C(F)(F)F)cc5)c5cccc6c5oc5ccccc56)cc4cc2C3(C)C)c2cccc3c2oc2ccccc23)cc1. The zero-order chi connectivity index (χ0) is 46.1. The first-order chi connectivity index (χ1) is 33.0. The minimum Gasteiger partial charge on any atom is -0.454 e. The molecule has 0 N–H and O–H groups in total. The minimum absolute atomic E-state index is 0.426. The Balaban J connectivity index is 1.000. The average molecular weight is 891 g/mol. The molecular formula is C61H41F3N2O2. The predicted molar refractivity (Wildman–Crippen MR) is 273 cm³/mol. The Labute approximate surface area is 389 Å². The second kappa shape index (κ2) is 14.6. The number of halogens is 3. The van der Waals surface area contributed by atoms with Gasteiger partial charge in [0.1, 0.15) is 11.2 Å². The summed E-state index contributed by atoms with van der Waals surface area (Å²) in [5.41, 5.74) is 13.0. The highest BCUT2D eigenvalue weighted by atomic mass is 19.4. The molecule has 0 spiro atoms. The number of hydrogen-bond acceptors (Lipinski definition) is 4. The number of anilines is 6. The summed E-state index contributed by atoms with van der Waals surface area (Å²) in [6.45, 7) is 6.72. The molecule has 12 aromatic rings. The van der Waals surface area contributed by atoms with Gasteiger partial charge in [-0.3, -0.25) is 0 Å². The highest BCUT2D eigenvalue weighted by molar-refractivity contribution is 6.15. The van der Waals surface area contributed by atoms with Crippen LogP contribution in [0.1, 0.15) is 36.1 Å². The van der Waals surface area contributed by atoms with Crippen molar-refractivity contribution in [1.29, 1.82) is 0 Å². The molecule has 7 heteroatoms. The van der Waals surface area contributed by atoms with E-state index in [-0.39, 0.29) is 0 Å². The summed E-state index contributed by atoms with van der Waals surface area (Å²) < 4.78 is 55.0. The maximum atomic E-state index is 13.9. The van der Waals surface area contributed by atoms with Crippen molar-refractivity contribution in [3.63, 3.8) is 0 Å². The highest BCUT2D eigenvalue weighted by Gasteiger charge is 2.39. The molecule has 13 rings (SSSR count). The fourth-order valence-corrected chi connectivity index (χ4v) is 10.8. The van der Waals surface area contributed by atoms with Crippen LogP contribution in [-0.2, 0) is 11.6 Å². The van der Waals surface area contributed by atoms with Crippen molar-refractivity contribution in [2.24, 2.45) is 0 Å². The second-order valence-corrected chi connectivity index (χ2v) is 18.5. The fraction of sp³-hybridized carbons (Fsp3) is 0.0820. The van der Waals surface area contributed by atoms with Gasteiger partial charge in [-0.2, -0.15) is 13.2 Å². The number of fused-ring (bicyclic) bond motifs is 12. The number of hydrogen-bond donors (Lipinski definition) is 0. The smallest absolute Gasteiger partial charge is 0.416 e. The number of para-hydroxylation sites is 4. The van der Waals surface area contributed by atoms with Crippen molar-refractivity contribution >= 4 is 99.5 Å². The molecule has 0 amide bonds. The van der Waals surface area contributed by atoms with Crippen molar-refractivity contribution in [3.05, 3.63) is 216 Å². The van der Waals surface area contributed by atoms with E-state index >= 15 is 0 Å². The lowest BCUT2D eigenvalue weighted by Gasteiger charge is -2.30. The largest absolute Gasteiger partial charge is 0.454 e. The van der Waals surface area contributed by atoms with Crippen LogP contribution in [0.4, 0.5) is 47.3 Å². The van der Waals surface area contributed by atoms with Crippen LogP contribution in [0.3, 0.4) is 0 Å². The summed E-state index contributed by atoms with van der Waals surface area (Å²) in [7, 11) is 0. The zero-order valence-electron chi connectivity index (χ0n) is 37.3. The van der Waals surface area contributed by atoms with Crippen molar-refractivity contribution in [3.8, 4) is 11.1 Å². The van der Waals surface area contributed by atoms with Gasteiger partial charge in [0.05, 0.1) is 22.6 Å². The van der Waals surface area contributed by atoms with E-state index in [1.54, 1.807) is 0 Å². The van der Waals surface area contributed by atoms with Gasteiger partial charge in [-0.15, -0.1) is 0 Å². The highest BCUT2D eigenvalue weighted by Crippen LogP contribution is 2.56. The normalized spacial score (nSPS) is 13.3. The number of rotatable bonds is 6. The van der Waals surface area contributed by atoms with Crippen LogP contribution in [-0.4, -0.2) is 0 Å². The summed E-state index contributed by atoms with van der Waals surface area (Å²) in [5, 5.41) is 8.37. The third-order valence-electron chi connectivity index (χ3n) is 14.1. The standard InChI is InChI=1S/C61H41F3N2O2/c1-36-22-27-41(28-23-36)66(53-19-11-17-48-45-14-7-9-21-56(45)68-59(48)53)54-35-51-57(46-15-5-4-12-43(46)54)49-33-37-24-29-42(32-38(37)34-50(49)60(51,2)3)65(40-30-25-39(26-31-40)61(62,63)64)52-18-10-16-47-44-13-6-8-20-55(44)67-58(47)52/h4-35H,1-3H3. The van der Waals surface area contributed by atoms with E-state index in [4.69, 9.17) is 8.83 Å². The van der Waals surface area contributed by atoms with Crippen molar-refractivity contribution in [2.75, 3.05) is 9.80 Å². The fourth-order valence-electron chi connectivity index (χ4n) is 10.8. The van der Waals surface area contributed by atoms with Crippen LogP contribution in [0.5, 0.6) is 0 Å². The van der Waals surface area contributed by atoms with Crippen LogP contribution in [0, 0.1) is 6.92 Å². The van der Waals surface area contributed by atoms with Gasteiger partial charge in [0, 0.05) is 49.4 Å². The molecule has 2 heterocycles. The van der Waals surface area contributed by atoms with E-state index in [9.17, 15) is 13.2 Å². The van der Waals surface area contributed by atoms with E-state index in [1.807, 2.05) is 65.6 Å². The molecule has 0 saturated carbocycles. The lowest BCUT2D eigenvalue weighted by atomic mass is 9.81. The number of aryl methyl sites for hydroxylation is 1. The van der Waals surface area contributed by atoms with Crippen LogP contribution in [0.2, 0.25) is 0 Å². The second-order valence-electron chi connectivity index (χ2n) is 18.5. The van der Waals surface area contributed by atoms with Gasteiger partial charge >= 0.3 is 6.18 Å². The number of alkyl halides is 3.